The third-order valence-electron chi connectivity index (χ3n) is 3.07. The molecule has 0 aliphatic carbocycles. The molecule has 5 heteroatoms. The van der Waals surface area contributed by atoms with Gasteiger partial charge in [0.2, 0.25) is 0 Å². The Morgan fingerprint density at radius 3 is 2.45 bits per heavy atom. The van der Waals surface area contributed by atoms with Crippen LogP contribution in [0.3, 0.4) is 0 Å². The lowest BCUT2D eigenvalue weighted by Gasteiger charge is -2.11. The van der Waals surface area contributed by atoms with E-state index >= 15 is 0 Å². The van der Waals surface area contributed by atoms with Gasteiger partial charge in [-0.05, 0) is 31.0 Å². The van der Waals surface area contributed by atoms with Crippen molar-refractivity contribution in [3.8, 4) is 11.8 Å². The Morgan fingerprint density at radius 2 is 1.85 bits per heavy atom. The van der Waals surface area contributed by atoms with E-state index in [-0.39, 0.29) is 5.56 Å². The molecule has 0 unspecified atom stereocenters. The highest BCUT2D eigenvalue weighted by molar-refractivity contribution is 5.27. The SMILES string of the molecule is COc1ccc(CCn2c(OC)nc(C)cc2=O)cc1. The third-order valence-corrected chi connectivity index (χ3v) is 3.07. The summed E-state index contributed by atoms with van der Waals surface area (Å²) in [7, 11) is 3.16. The van der Waals surface area contributed by atoms with E-state index in [4.69, 9.17) is 9.47 Å². The molecule has 20 heavy (non-hydrogen) atoms. The monoisotopic (exact) mass is 274 g/mol. The lowest BCUT2D eigenvalue weighted by molar-refractivity contribution is 0.344. The second kappa shape index (κ2) is 6.23. The fourth-order valence-corrected chi connectivity index (χ4v) is 1.99. The number of aromatic nitrogens is 2. The minimum absolute atomic E-state index is 0.0946. The molecule has 0 radical (unpaired) electrons. The summed E-state index contributed by atoms with van der Waals surface area (Å²) in [4.78, 5) is 16.2. The fraction of sp³-hybridized carbons (Fsp3) is 0.333. The molecule has 106 valence electrons. The van der Waals surface area contributed by atoms with Crippen molar-refractivity contribution in [2.75, 3.05) is 14.2 Å². The summed E-state index contributed by atoms with van der Waals surface area (Å²) in [5.41, 5.74) is 1.69. The number of nitrogens with zero attached hydrogens (tertiary/aromatic N) is 2. The van der Waals surface area contributed by atoms with Crippen molar-refractivity contribution in [1.29, 1.82) is 0 Å². The minimum Gasteiger partial charge on any atom is -0.497 e. The van der Waals surface area contributed by atoms with Crippen molar-refractivity contribution < 1.29 is 9.47 Å². The zero-order valence-electron chi connectivity index (χ0n) is 11.9. The first-order valence-electron chi connectivity index (χ1n) is 6.39. The quantitative estimate of drug-likeness (QED) is 0.834. The topological polar surface area (TPSA) is 53.4 Å². The fourth-order valence-electron chi connectivity index (χ4n) is 1.99. The molecule has 0 saturated heterocycles. The average Bonchev–Trinajstić information content (AvgIpc) is 2.46. The molecule has 0 fully saturated rings. The van der Waals surface area contributed by atoms with Gasteiger partial charge >= 0.3 is 0 Å². The summed E-state index contributed by atoms with van der Waals surface area (Å²) in [5.74, 6) is 0.820. The van der Waals surface area contributed by atoms with Crippen LogP contribution < -0.4 is 15.0 Å². The second-order valence-corrected chi connectivity index (χ2v) is 4.47. The van der Waals surface area contributed by atoms with Gasteiger partial charge in [0.25, 0.3) is 11.6 Å². The van der Waals surface area contributed by atoms with Crippen molar-refractivity contribution in [3.63, 3.8) is 0 Å². The third kappa shape index (κ3) is 3.17. The van der Waals surface area contributed by atoms with Gasteiger partial charge in [-0.25, -0.2) is 4.98 Å². The summed E-state index contributed by atoms with van der Waals surface area (Å²) in [5, 5.41) is 0. The molecular formula is C15H18N2O3. The van der Waals surface area contributed by atoms with Gasteiger partial charge < -0.3 is 9.47 Å². The number of methoxy groups -OCH3 is 2. The van der Waals surface area contributed by atoms with Gasteiger partial charge in [-0.1, -0.05) is 12.1 Å². The van der Waals surface area contributed by atoms with Crippen LogP contribution in [0.15, 0.2) is 35.1 Å². The number of hydrogen-bond donors (Lipinski definition) is 0. The molecule has 0 atom stereocenters. The zero-order chi connectivity index (χ0) is 14.5. The molecule has 0 saturated carbocycles. The smallest absolute Gasteiger partial charge is 0.299 e. The van der Waals surface area contributed by atoms with E-state index in [2.05, 4.69) is 4.98 Å². The molecule has 0 amide bonds. The number of benzene rings is 1. The Balaban J connectivity index is 2.16. The standard InChI is InChI=1S/C15H18N2O3/c1-11-10-14(18)17(15(16-11)20-3)9-8-12-4-6-13(19-2)7-5-12/h4-7,10H,8-9H2,1-3H3. The van der Waals surface area contributed by atoms with E-state index in [9.17, 15) is 4.79 Å². The van der Waals surface area contributed by atoms with E-state index in [1.165, 1.54) is 17.7 Å². The van der Waals surface area contributed by atoms with Crippen molar-refractivity contribution in [3.05, 3.63) is 51.9 Å². The molecule has 0 N–H and O–H groups in total. The predicted octanol–water partition coefficient (Wildman–Crippen LogP) is 1.81. The van der Waals surface area contributed by atoms with Crippen LogP contribution in [-0.2, 0) is 13.0 Å². The largest absolute Gasteiger partial charge is 0.497 e. The van der Waals surface area contributed by atoms with Crippen molar-refractivity contribution in [2.45, 2.75) is 19.9 Å². The summed E-state index contributed by atoms with van der Waals surface area (Å²) in [6, 6.07) is 9.64. The maximum Gasteiger partial charge on any atom is 0.299 e. The molecule has 2 aromatic rings. The first-order valence-corrected chi connectivity index (χ1v) is 6.39. The van der Waals surface area contributed by atoms with E-state index in [1.54, 1.807) is 14.0 Å². The molecule has 0 aliphatic rings. The number of aryl methyl sites for hydroxylation is 2. The summed E-state index contributed by atoms with van der Waals surface area (Å²) >= 11 is 0. The van der Waals surface area contributed by atoms with E-state index in [1.807, 2.05) is 24.3 Å². The highest BCUT2D eigenvalue weighted by Crippen LogP contribution is 2.13. The Kier molecular flexibility index (Phi) is 4.40. The Hall–Kier alpha value is -2.30. The number of ether oxygens (including phenoxy) is 2. The molecular weight excluding hydrogens is 256 g/mol. The highest BCUT2D eigenvalue weighted by Gasteiger charge is 2.07. The van der Waals surface area contributed by atoms with Crippen LogP contribution in [0.1, 0.15) is 11.3 Å². The molecule has 5 nitrogen and oxygen atoms in total. The van der Waals surface area contributed by atoms with Crippen molar-refractivity contribution in [2.24, 2.45) is 0 Å². The van der Waals surface area contributed by atoms with Crippen molar-refractivity contribution >= 4 is 0 Å². The van der Waals surface area contributed by atoms with Crippen LogP contribution in [0.2, 0.25) is 0 Å². The van der Waals surface area contributed by atoms with Gasteiger partial charge in [0, 0.05) is 18.3 Å². The normalized spacial score (nSPS) is 10.3. The lowest BCUT2D eigenvalue weighted by Crippen LogP contribution is -2.23. The summed E-state index contributed by atoms with van der Waals surface area (Å²) < 4.78 is 11.8. The number of rotatable bonds is 5. The van der Waals surface area contributed by atoms with Gasteiger partial charge in [-0.2, -0.15) is 0 Å². The Morgan fingerprint density at radius 1 is 1.15 bits per heavy atom. The van der Waals surface area contributed by atoms with E-state index in [0.29, 0.717) is 18.2 Å². The molecule has 1 aromatic carbocycles. The highest BCUT2D eigenvalue weighted by atomic mass is 16.5. The second-order valence-electron chi connectivity index (χ2n) is 4.47. The van der Waals surface area contributed by atoms with Gasteiger partial charge in [-0.3, -0.25) is 9.36 Å². The molecule has 1 heterocycles. The maximum atomic E-state index is 12.0. The van der Waals surface area contributed by atoms with Crippen LogP contribution in [-0.4, -0.2) is 23.8 Å². The van der Waals surface area contributed by atoms with Gasteiger partial charge in [-0.15, -0.1) is 0 Å². The first kappa shape index (κ1) is 14.1. The van der Waals surface area contributed by atoms with Crippen LogP contribution in [0.5, 0.6) is 11.8 Å². The molecule has 0 spiro atoms. The minimum atomic E-state index is -0.0946. The summed E-state index contributed by atoms with van der Waals surface area (Å²) in [6.45, 7) is 2.30. The first-order chi connectivity index (χ1) is 9.63. The predicted molar refractivity (Wildman–Crippen MR) is 76.5 cm³/mol. The van der Waals surface area contributed by atoms with E-state index < -0.39 is 0 Å². The van der Waals surface area contributed by atoms with Crippen LogP contribution >= 0.6 is 0 Å². The van der Waals surface area contributed by atoms with Crippen LogP contribution in [0.4, 0.5) is 0 Å². The summed E-state index contributed by atoms with van der Waals surface area (Å²) in [6.07, 6.45) is 0.727. The van der Waals surface area contributed by atoms with Gasteiger partial charge in [0.15, 0.2) is 0 Å². The van der Waals surface area contributed by atoms with Gasteiger partial charge in [0.1, 0.15) is 5.75 Å². The lowest BCUT2D eigenvalue weighted by atomic mass is 10.1. The van der Waals surface area contributed by atoms with Crippen LogP contribution in [0, 0.1) is 6.92 Å². The molecule has 2 rings (SSSR count). The Bertz CT molecular complexity index is 633. The molecule has 0 bridgehead atoms. The number of hydrogen-bond acceptors (Lipinski definition) is 4. The maximum absolute atomic E-state index is 12.0. The van der Waals surface area contributed by atoms with E-state index in [0.717, 1.165) is 17.7 Å². The molecule has 1 aromatic heterocycles. The average molecular weight is 274 g/mol. The zero-order valence-corrected chi connectivity index (χ0v) is 11.9. The Labute approximate surface area is 117 Å². The van der Waals surface area contributed by atoms with Crippen molar-refractivity contribution in [1.82, 2.24) is 9.55 Å². The van der Waals surface area contributed by atoms with Crippen LogP contribution in [0.25, 0.3) is 0 Å². The molecule has 0 aliphatic heterocycles. The van der Waals surface area contributed by atoms with Gasteiger partial charge in [0.05, 0.1) is 14.2 Å².